The quantitative estimate of drug-likeness (QED) is 0.191. The number of benzene rings is 4. The molecule has 1 aliphatic heterocycles. The van der Waals surface area contributed by atoms with Gasteiger partial charge in [-0.25, -0.2) is 4.39 Å². The fourth-order valence-electron chi connectivity index (χ4n) is 5.28. The van der Waals surface area contributed by atoms with Crippen LogP contribution in [0.1, 0.15) is 40.6 Å². The molecular formula is C32H26BrFN2O. The lowest BCUT2D eigenvalue weighted by molar-refractivity contribution is 0.305. The second-order valence-electron chi connectivity index (χ2n) is 9.51. The average molecular weight is 553 g/mol. The molecule has 5 heteroatoms. The van der Waals surface area contributed by atoms with Crippen molar-refractivity contribution in [1.82, 2.24) is 0 Å². The third kappa shape index (κ3) is 5.09. The summed E-state index contributed by atoms with van der Waals surface area (Å²) in [7, 11) is 0. The smallest absolute Gasteiger partial charge is 0.128 e. The molecule has 184 valence electrons. The number of anilines is 1. The predicted octanol–water partition coefficient (Wildman–Crippen LogP) is 8.74. The van der Waals surface area contributed by atoms with Gasteiger partial charge in [-0.05, 0) is 77.6 Å². The number of para-hydroxylation sites is 1. The number of hydrogen-bond acceptors (Lipinski definition) is 3. The van der Waals surface area contributed by atoms with E-state index in [0.717, 1.165) is 33.5 Å². The molecule has 3 atom stereocenters. The minimum absolute atomic E-state index is 0.255. The lowest BCUT2D eigenvalue weighted by atomic mass is 9.77. The maximum absolute atomic E-state index is 13.2. The molecule has 0 bridgehead atoms. The van der Waals surface area contributed by atoms with E-state index in [1.807, 2.05) is 24.4 Å². The molecule has 0 saturated heterocycles. The number of allylic oxidation sites excluding steroid dienone is 2. The third-order valence-corrected chi connectivity index (χ3v) is 7.65. The van der Waals surface area contributed by atoms with Crippen LogP contribution >= 0.6 is 15.9 Å². The standard InChI is InChI=1S/C32H26BrFN2O/c33-24-12-17-31(37-20-21-8-13-25(34)14-9-21)23(18-24)19-35-26-15-10-22(11-16-26)32-29-6-3-5-27(29)28-4-1-2-7-30(28)36-32/h1-5,7-19,27,29,32,36H,6,20H2/t27-,29-,32-/m0/s1. The molecule has 0 amide bonds. The Morgan fingerprint density at radius 3 is 2.62 bits per heavy atom. The van der Waals surface area contributed by atoms with E-state index in [4.69, 9.17) is 9.73 Å². The highest BCUT2D eigenvalue weighted by Gasteiger charge is 2.37. The minimum Gasteiger partial charge on any atom is -0.488 e. The van der Waals surface area contributed by atoms with Crippen molar-refractivity contribution in [2.45, 2.75) is 25.0 Å². The van der Waals surface area contributed by atoms with Crippen LogP contribution in [0.15, 0.2) is 113 Å². The Morgan fingerprint density at radius 1 is 0.973 bits per heavy atom. The summed E-state index contributed by atoms with van der Waals surface area (Å²) in [5, 5.41) is 3.79. The van der Waals surface area contributed by atoms with E-state index in [1.165, 1.54) is 28.9 Å². The van der Waals surface area contributed by atoms with Crippen LogP contribution < -0.4 is 10.1 Å². The maximum Gasteiger partial charge on any atom is 0.128 e. The summed E-state index contributed by atoms with van der Waals surface area (Å²) in [6.07, 6.45) is 7.59. The molecule has 1 aliphatic carbocycles. The van der Waals surface area contributed by atoms with Crippen LogP contribution in [0.4, 0.5) is 15.8 Å². The highest BCUT2D eigenvalue weighted by molar-refractivity contribution is 9.10. The summed E-state index contributed by atoms with van der Waals surface area (Å²) in [4.78, 5) is 4.73. The molecule has 1 heterocycles. The molecule has 0 aromatic heterocycles. The van der Waals surface area contributed by atoms with Crippen molar-refractivity contribution in [3.8, 4) is 5.75 Å². The Hall–Kier alpha value is -3.70. The van der Waals surface area contributed by atoms with Gasteiger partial charge in [-0.1, -0.05) is 70.5 Å². The van der Waals surface area contributed by atoms with Crippen LogP contribution in [-0.4, -0.2) is 6.21 Å². The lowest BCUT2D eigenvalue weighted by Crippen LogP contribution is -2.28. The summed E-state index contributed by atoms with van der Waals surface area (Å²) in [6, 6.07) is 29.6. The van der Waals surface area contributed by atoms with Crippen LogP contribution in [0.5, 0.6) is 5.75 Å². The van der Waals surface area contributed by atoms with E-state index in [2.05, 4.69) is 81.9 Å². The molecule has 0 spiro atoms. The van der Waals surface area contributed by atoms with E-state index in [0.29, 0.717) is 18.4 Å². The second kappa shape index (κ2) is 10.3. The maximum atomic E-state index is 13.2. The zero-order valence-electron chi connectivity index (χ0n) is 20.1. The molecule has 1 N–H and O–H groups in total. The topological polar surface area (TPSA) is 33.6 Å². The summed E-state index contributed by atoms with van der Waals surface area (Å²) in [6.45, 7) is 0.353. The molecule has 37 heavy (non-hydrogen) atoms. The number of halogens is 2. The molecular weight excluding hydrogens is 527 g/mol. The second-order valence-corrected chi connectivity index (χ2v) is 10.4. The van der Waals surface area contributed by atoms with Crippen molar-refractivity contribution in [2.24, 2.45) is 10.9 Å². The van der Waals surface area contributed by atoms with Gasteiger partial charge in [0, 0.05) is 27.9 Å². The van der Waals surface area contributed by atoms with Crippen LogP contribution in [0.2, 0.25) is 0 Å². The van der Waals surface area contributed by atoms with Gasteiger partial charge in [0.1, 0.15) is 18.2 Å². The highest BCUT2D eigenvalue weighted by atomic mass is 79.9. The molecule has 0 unspecified atom stereocenters. The first-order valence-electron chi connectivity index (χ1n) is 12.5. The predicted molar refractivity (Wildman–Crippen MR) is 151 cm³/mol. The summed E-state index contributed by atoms with van der Waals surface area (Å²) >= 11 is 3.54. The van der Waals surface area contributed by atoms with Gasteiger partial charge >= 0.3 is 0 Å². The molecule has 4 aromatic carbocycles. The number of nitrogens with one attached hydrogen (secondary N) is 1. The minimum atomic E-state index is -0.255. The van der Waals surface area contributed by atoms with Crippen molar-refractivity contribution in [3.63, 3.8) is 0 Å². The van der Waals surface area contributed by atoms with Gasteiger partial charge < -0.3 is 10.1 Å². The van der Waals surface area contributed by atoms with E-state index in [9.17, 15) is 4.39 Å². The highest BCUT2D eigenvalue weighted by Crippen LogP contribution is 2.49. The number of rotatable bonds is 6. The largest absolute Gasteiger partial charge is 0.488 e. The molecule has 0 fully saturated rings. The van der Waals surface area contributed by atoms with Crippen molar-refractivity contribution >= 4 is 33.5 Å². The van der Waals surface area contributed by atoms with Gasteiger partial charge in [0.2, 0.25) is 0 Å². The molecule has 0 saturated carbocycles. The Labute approximate surface area is 224 Å². The van der Waals surface area contributed by atoms with Crippen molar-refractivity contribution in [2.75, 3.05) is 5.32 Å². The third-order valence-electron chi connectivity index (χ3n) is 7.16. The zero-order chi connectivity index (χ0) is 25.2. The van der Waals surface area contributed by atoms with Gasteiger partial charge in [0.05, 0.1) is 11.7 Å². The lowest BCUT2D eigenvalue weighted by Gasteiger charge is -2.37. The SMILES string of the molecule is Fc1ccc(COc2ccc(Br)cc2C=Nc2ccc([C@@H]3Nc4ccccc4[C@@H]4C=CC[C@@H]43)cc2)cc1. The number of fused-ring (bicyclic) bond motifs is 3. The van der Waals surface area contributed by atoms with Crippen LogP contribution in [0.3, 0.4) is 0 Å². The van der Waals surface area contributed by atoms with Gasteiger partial charge in [0.15, 0.2) is 0 Å². The summed E-state index contributed by atoms with van der Waals surface area (Å²) in [5.74, 6) is 1.45. The fraction of sp³-hybridized carbons (Fsp3) is 0.156. The van der Waals surface area contributed by atoms with Crippen molar-refractivity contribution in [1.29, 1.82) is 0 Å². The van der Waals surface area contributed by atoms with E-state index >= 15 is 0 Å². The number of nitrogens with zero attached hydrogens (tertiary/aromatic N) is 1. The molecule has 4 aromatic rings. The summed E-state index contributed by atoms with van der Waals surface area (Å²) < 4.78 is 20.2. The number of aliphatic imine (C=N–C) groups is 1. The van der Waals surface area contributed by atoms with Gasteiger partial charge in [-0.15, -0.1) is 0 Å². The van der Waals surface area contributed by atoms with E-state index < -0.39 is 0 Å². The first-order chi connectivity index (χ1) is 18.1. The van der Waals surface area contributed by atoms with Crippen LogP contribution in [0, 0.1) is 11.7 Å². The molecule has 6 rings (SSSR count). The van der Waals surface area contributed by atoms with Crippen LogP contribution in [0.25, 0.3) is 0 Å². The van der Waals surface area contributed by atoms with Crippen LogP contribution in [-0.2, 0) is 6.61 Å². The Balaban J connectivity index is 1.18. The Morgan fingerprint density at radius 2 is 1.78 bits per heavy atom. The van der Waals surface area contributed by atoms with Gasteiger partial charge in [-0.3, -0.25) is 4.99 Å². The van der Waals surface area contributed by atoms with Crippen molar-refractivity contribution < 1.29 is 9.13 Å². The molecule has 2 aliphatic rings. The monoisotopic (exact) mass is 552 g/mol. The first kappa shape index (κ1) is 23.7. The van der Waals surface area contributed by atoms with E-state index in [-0.39, 0.29) is 11.9 Å². The molecule has 3 nitrogen and oxygen atoms in total. The summed E-state index contributed by atoms with van der Waals surface area (Å²) in [5.41, 5.74) is 6.55. The fourth-order valence-corrected chi connectivity index (χ4v) is 5.66. The van der Waals surface area contributed by atoms with Crippen molar-refractivity contribution in [3.05, 3.63) is 136 Å². The zero-order valence-corrected chi connectivity index (χ0v) is 21.7. The Kier molecular flexibility index (Phi) is 6.62. The number of ether oxygens (including phenoxy) is 1. The first-order valence-corrected chi connectivity index (χ1v) is 13.3. The Bertz CT molecular complexity index is 1460. The van der Waals surface area contributed by atoms with E-state index in [1.54, 1.807) is 12.1 Å². The average Bonchev–Trinajstić information content (AvgIpc) is 3.43. The molecule has 0 radical (unpaired) electrons. The van der Waals surface area contributed by atoms with Gasteiger partial charge in [-0.2, -0.15) is 0 Å². The number of hydrogen-bond donors (Lipinski definition) is 1. The van der Waals surface area contributed by atoms with Gasteiger partial charge in [0.25, 0.3) is 0 Å². The normalized spacial score (nSPS) is 19.9.